The molecule has 0 fully saturated rings. The summed E-state index contributed by atoms with van der Waals surface area (Å²) >= 11 is 1.86. The third kappa shape index (κ3) is 5.22. The first-order chi connectivity index (χ1) is 28.2. The van der Waals surface area contributed by atoms with Gasteiger partial charge < -0.3 is 14.6 Å². The second kappa shape index (κ2) is 12.9. The molecule has 12 rings (SSSR count). The zero-order valence-corrected chi connectivity index (χ0v) is 31.7. The van der Waals surface area contributed by atoms with Crippen LogP contribution in [0.3, 0.4) is 0 Å². The summed E-state index contributed by atoms with van der Waals surface area (Å²) in [5.41, 5.74) is 9.45. The van der Waals surface area contributed by atoms with Crippen LogP contribution in [0, 0.1) is 5.92 Å². The van der Waals surface area contributed by atoms with E-state index in [1.807, 2.05) is 11.3 Å². The van der Waals surface area contributed by atoms with Crippen LogP contribution in [-0.2, 0) is 0 Å². The van der Waals surface area contributed by atoms with Gasteiger partial charge in [-0.05, 0) is 70.8 Å². The maximum absolute atomic E-state index is 6.72. The predicted octanol–water partition coefficient (Wildman–Crippen LogP) is 12.4. The maximum Gasteiger partial charge on any atom is 0.131 e. The predicted molar refractivity (Wildman–Crippen MR) is 235 cm³/mol. The Balaban J connectivity index is 0.933. The highest BCUT2D eigenvalue weighted by atomic mass is 32.1. The lowest BCUT2D eigenvalue weighted by Crippen LogP contribution is -2.48. The van der Waals surface area contributed by atoms with Crippen molar-refractivity contribution in [2.75, 3.05) is 0 Å². The Morgan fingerprint density at radius 2 is 1.32 bits per heavy atom. The minimum Gasteiger partial charge on any atom is -0.461 e. The number of para-hydroxylation sites is 2. The molecule has 0 amide bonds. The van der Waals surface area contributed by atoms with Gasteiger partial charge in [-0.15, -0.1) is 11.3 Å². The molecular weight excluding hydrogens is 717 g/mol. The largest absolute Gasteiger partial charge is 0.461 e. The third-order valence-electron chi connectivity index (χ3n) is 11.9. The van der Waals surface area contributed by atoms with Crippen LogP contribution in [-0.4, -0.2) is 10.4 Å². The number of fused-ring (bicyclic) bond motifs is 9. The number of amidine groups is 1. The first-order valence-corrected chi connectivity index (χ1v) is 20.4. The number of nitrogens with one attached hydrogen (secondary N) is 2. The molecule has 0 saturated carbocycles. The lowest BCUT2D eigenvalue weighted by Gasteiger charge is -2.36. The number of hydrogen-bond acceptors (Lipinski definition) is 5. The Kier molecular flexibility index (Phi) is 7.37. The van der Waals surface area contributed by atoms with Crippen molar-refractivity contribution in [3.63, 3.8) is 0 Å². The highest BCUT2D eigenvalue weighted by molar-refractivity contribution is 7.25. The van der Waals surface area contributed by atoms with Gasteiger partial charge in [0.15, 0.2) is 0 Å². The van der Waals surface area contributed by atoms with E-state index in [0.29, 0.717) is 0 Å². The molecule has 57 heavy (non-hydrogen) atoms. The van der Waals surface area contributed by atoms with Crippen molar-refractivity contribution in [3.8, 4) is 22.6 Å². The molecule has 0 saturated heterocycles. The number of thiophene rings is 1. The number of rotatable bonds is 5. The van der Waals surface area contributed by atoms with Crippen LogP contribution in [0.25, 0.3) is 58.8 Å². The van der Waals surface area contributed by atoms with E-state index >= 15 is 0 Å². The molecule has 1 aliphatic carbocycles. The second-order valence-corrected chi connectivity index (χ2v) is 16.2. The van der Waals surface area contributed by atoms with E-state index < -0.39 is 0 Å². The Labute approximate surface area is 333 Å². The summed E-state index contributed by atoms with van der Waals surface area (Å²) in [6.07, 6.45) is 6.24. The molecular formula is C51H36N4OS. The average molecular weight is 753 g/mol. The van der Waals surface area contributed by atoms with Crippen LogP contribution in [0.1, 0.15) is 34.9 Å². The van der Waals surface area contributed by atoms with Gasteiger partial charge in [0.05, 0.1) is 22.6 Å². The Hall–Kier alpha value is -6.73. The molecule has 272 valence electrons. The number of aliphatic imine (C=N–C) groups is 1. The molecule has 7 aromatic carbocycles. The number of ether oxygens (including phenoxy) is 1. The molecule has 2 aliphatic heterocycles. The van der Waals surface area contributed by atoms with E-state index in [1.165, 1.54) is 64.4 Å². The summed E-state index contributed by atoms with van der Waals surface area (Å²) in [6.45, 7) is 0. The molecule has 6 heteroatoms. The van der Waals surface area contributed by atoms with Crippen molar-refractivity contribution >= 4 is 59.2 Å². The molecule has 2 aromatic heterocycles. The molecule has 5 nitrogen and oxygen atoms in total. The lowest BCUT2D eigenvalue weighted by molar-refractivity contribution is 0.384. The van der Waals surface area contributed by atoms with Gasteiger partial charge in [0.25, 0.3) is 0 Å². The van der Waals surface area contributed by atoms with Gasteiger partial charge in [0, 0.05) is 42.4 Å². The molecule has 4 atom stereocenters. The fourth-order valence-electron chi connectivity index (χ4n) is 9.27. The smallest absolute Gasteiger partial charge is 0.131 e. The average Bonchev–Trinajstić information content (AvgIpc) is 3.96. The minimum atomic E-state index is -0.182. The van der Waals surface area contributed by atoms with Gasteiger partial charge >= 0.3 is 0 Å². The Morgan fingerprint density at radius 1 is 0.614 bits per heavy atom. The van der Waals surface area contributed by atoms with Gasteiger partial charge in [-0.3, -0.25) is 5.32 Å². The fraction of sp³-hybridized carbons (Fsp3) is 0.0784. The summed E-state index contributed by atoms with van der Waals surface area (Å²) < 4.78 is 11.7. The van der Waals surface area contributed by atoms with E-state index in [4.69, 9.17) is 9.73 Å². The SMILES string of the molecule is C1=CC(C2=NC(c3ccccc3)NC(c3ccccc3)N2)C2C(=C1)Oc1cc(-c3ccc4sc5cccc(-n6c7ccccc7c7ccccc76)c5c4c3)ccc12. The number of aromatic nitrogens is 1. The van der Waals surface area contributed by atoms with Crippen molar-refractivity contribution in [2.45, 2.75) is 18.2 Å². The minimum absolute atomic E-state index is 0.00980. The monoisotopic (exact) mass is 752 g/mol. The second-order valence-electron chi connectivity index (χ2n) is 15.1. The third-order valence-corrected chi connectivity index (χ3v) is 13.0. The van der Waals surface area contributed by atoms with Crippen LogP contribution in [0.2, 0.25) is 0 Å². The van der Waals surface area contributed by atoms with E-state index in [0.717, 1.165) is 28.5 Å². The van der Waals surface area contributed by atoms with Gasteiger partial charge in [-0.2, -0.15) is 0 Å². The summed E-state index contributed by atoms with van der Waals surface area (Å²) in [7, 11) is 0. The summed E-state index contributed by atoms with van der Waals surface area (Å²) in [6, 6.07) is 59.0. The van der Waals surface area contributed by atoms with Crippen molar-refractivity contribution < 1.29 is 4.74 Å². The molecule has 4 unspecified atom stereocenters. The number of hydrogen-bond donors (Lipinski definition) is 2. The topological polar surface area (TPSA) is 50.6 Å². The van der Waals surface area contributed by atoms with Crippen LogP contribution in [0.5, 0.6) is 5.75 Å². The highest BCUT2D eigenvalue weighted by Crippen LogP contribution is 2.50. The number of allylic oxidation sites excluding steroid dienone is 3. The maximum atomic E-state index is 6.72. The molecule has 3 aliphatic rings. The van der Waals surface area contributed by atoms with Gasteiger partial charge in [-0.25, -0.2) is 4.99 Å². The Bertz CT molecular complexity index is 3090. The molecule has 0 radical (unpaired) electrons. The lowest BCUT2D eigenvalue weighted by atomic mass is 9.81. The normalized spacial score (nSPS) is 19.9. The van der Waals surface area contributed by atoms with Crippen molar-refractivity contribution in [2.24, 2.45) is 10.9 Å². The highest BCUT2D eigenvalue weighted by Gasteiger charge is 2.41. The van der Waals surface area contributed by atoms with E-state index in [1.54, 1.807) is 0 Å². The fourth-order valence-corrected chi connectivity index (χ4v) is 10.4. The number of benzene rings is 7. The summed E-state index contributed by atoms with van der Waals surface area (Å²) in [5.74, 6) is 2.84. The quantitative estimate of drug-likeness (QED) is 0.184. The van der Waals surface area contributed by atoms with Gasteiger partial charge in [0.1, 0.15) is 29.7 Å². The molecule has 4 heterocycles. The summed E-state index contributed by atoms with van der Waals surface area (Å²) in [4.78, 5) is 5.32. The summed E-state index contributed by atoms with van der Waals surface area (Å²) in [5, 5.41) is 12.6. The standard InChI is InChI=1S/C51H36N4OS/c1-3-13-31(14-4-1)49-52-50(32-15-5-2-6-16-32)54-51(53-49)38-19-11-23-43-47(38)37-27-25-34(30-44(37)56-43)33-26-28-45-39(29-33)48-42(22-12-24-46(48)57-45)55-40-20-9-7-17-35(40)36-18-8-10-21-41(36)55/h1-30,38,47,49-50,52H,(H,53,54). The van der Waals surface area contributed by atoms with Crippen LogP contribution in [0.4, 0.5) is 0 Å². The molecule has 0 bridgehead atoms. The first kappa shape index (κ1) is 32.5. The van der Waals surface area contributed by atoms with Crippen molar-refractivity contribution in [1.82, 2.24) is 15.2 Å². The van der Waals surface area contributed by atoms with Crippen LogP contribution < -0.4 is 15.4 Å². The van der Waals surface area contributed by atoms with E-state index in [-0.39, 0.29) is 24.2 Å². The van der Waals surface area contributed by atoms with E-state index in [9.17, 15) is 0 Å². The molecule has 2 N–H and O–H groups in total. The van der Waals surface area contributed by atoms with Crippen LogP contribution >= 0.6 is 11.3 Å². The Morgan fingerprint density at radius 3 is 2.11 bits per heavy atom. The van der Waals surface area contributed by atoms with E-state index in [2.05, 4.69) is 197 Å². The zero-order chi connectivity index (χ0) is 37.5. The van der Waals surface area contributed by atoms with Crippen molar-refractivity contribution in [3.05, 3.63) is 204 Å². The van der Waals surface area contributed by atoms with Crippen molar-refractivity contribution in [1.29, 1.82) is 0 Å². The van der Waals surface area contributed by atoms with Gasteiger partial charge in [0.2, 0.25) is 0 Å². The first-order valence-electron chi connectivity index (χ1n) is 19.6. The van der Waals surface area contributed by atoms with Crippen LogP contribution in [0.15, 0.2) is 193 Å². The number of nitrogens with zero attached hydrogens (tertiary/aromatic N) is 2. The molecule has 0 spiro atoms. The zero-order valence-electron chi connectivity index (χ0n) is 30.8. The van der Waals surface area contributed by atoms with Gasteiger partial charge in [-0.1, -0.05) is 133 Å². The molecule has 9 aromatic rings.